The van der Waals surface area contributed by atoms with E-state index in [-0.39, 0.29) is 5.91 Å². The summed E-state index contributed by atoms with van der Waals surface area (Å²) in [5.74, 6) is 0.297. The normalized spacial score (nSPS) is 21.9. The minimum absolute atomic E-state index is 0.0416. The Labute approximate surface area is 118 Å². The van der Waals surface area contributed by atoms with Crippen molar-refractivity contribution in [2.24, 2.45) is 0 Å². The molecular formula is C13H21N5O2. The molecule has 1 aromatic heterocycles. The number of likely N-dealkylation sites (tertiary alicyclic amines) is 2. The molecule has 0 unspecified atom stereocenters. The third kappa shape index (κ3) is 2.31. The monoisotopic (exact) mass is 279 g/mol. The Kier molecular flexibility index (Phi) is 3.71. The fourth-order valence-electron chi connectivity index (χ4n) is 3.29. The number of amides is 1. The number of hydrogen-bond donors (Lipinski definition) is 1. The third-order valence-electron chi connectivity index (χ3n) is 4.68. The summed E-state index contributed by atoms with van der Waals surface area (Å²) in [6.45, 7) is 4.51. The van der Waals surface area contributed by atoms with Gasteiger partial charge >= 0.3 is 0 Å². The van der Waals surface area contributed by atoms with Gasteiger partial charge in [-0.2, -0.15) is 5.10 Å². The summed E-state index contributed by atoms with van der Waals surface area (Å²) in [6.07, 6.45) is 4.69. The molecule has 110 valence electrons. The van der Waals surface area contributed by atoms with E-state index in [2.05, 4.69) is 20.1 Å². The Morgan fingerprint density at radius 3 is 2.70 bits per heavy atom. The average molecular weight is 279 g/mol. The third-order valence-corrected chi connectivity index (χ3v) is 4.68. The lowest BCUT2D eigenvalue weighted by molar-refractivity contribution is -0.0637. The van der Waals surface area contributed by atoms with E-state index in [0.717, 1.165) is 45.6 Å². The summed E-state index contributed by atoms with van der Waals surface area (Å²) >= 11 is 0. The number of methoxy groups -OCH3 is 1. The molecule has 3 heterocycles. The van der Waals surface area contributed by atoms with Gasteiger partial charge in [-0.25, -0.2) is 4.98 Å². The molecule has 7 heteroatoms. The lowest BCUT2D eigenvalue weighted by Crippen LogP contribution is -2.64. The Hall–Kier alpha value is -1.47. The number of aromatic nitrogens is 3. The number of carbonyl (C=O) groups excluding carboxylic acids is 1. The smallest absolute Gasteiger partial charge is 0.291 e. The molecule has 2 aliphatic rings. The molecular weight excluding hydrogens is 258 g/mol. The Morgan fingerprint density at radius 2 is 2.15 bits per heavy atom. The second-order valence-electron chi connectivity index (χ2n) is 5.58. The Morgan fingerprint density at radius 1 is 1.40 bits per heavy atom. The van der Waals surface area contributed by atoms with Gasteiger partial charge in [-0.1, -0.05) is 0 Å². The van der Waals surface area contributed by atoms with Crippen molar-refractivity contribution in [1.29, 1.82) is 0 Å². The van der Waals surface area contributed by atoms with Gasteiger partial charge in [-0.15, -0.1) is 0 Å². The molecule has 2 aliphatic heterocycles. The zero-order valence-corrected chi connectivity index (χ0v) is 11.8. The fraction of sp³-hybridized carbons (Fsp3) is 0.769. The van der Waals surface area contributed by atoms with Gasteiger partial charge in [0.15, 0.2) is 0 Å². The minimum Gasteiger partial charge on any atom is -0.383 e. The number of piperidine rings is 1. The van der Waals surface area contributed by atoms with E-state index in [9.17, 15) is 4.79 Å². The van der Waals surface area contributed by atoms with E-state index < -0.39 is 0 Å². The van der Waals surface area contributed by atoms with Crippen LogP contribution >= 0.6 is 0 Å². The maximum atomic E-state index is 12.2. The molecule has 3 rings (SSSR count). The molecule has 1 N–H and O–H groups in total. The molecule has 0 bridgehead atoms. The molecule has 2 fully saturated rings. The number of carbonyl (C=O) groups is 1. The quantitative estimate of drug-likeness (QED) is 0.848. The van der Waals surface area contributed by atoms with Crippen LogP contribution in [0.4, 0.5) is 0 Å². The van der Waals surface area contributed by atoms with Crippen LogP contribution < -0.4 is 0 Å². The van der Waals surface area contributed by atoms with Crippen LogP contribution in [0.25, 0.3) is 0 Å². The molecule has 7 nitrogen and oxygen atoms in total. The van der Waals surface area contributed by atoms with Crippen molar-refractivity contribution in [3.63, 3.8) is 0 Å². The average Bonchev–Trinajstić information content (AvgIpc) is 3.00. The van der Waals surface area contributed by atoms with Crippen LogP contribution in [0.3, 0.4) is 0 Å². The van der Waals surface area contributed by atoms with Crippen LogP contribution in [0.2, 0.25) is 0 Å². The van der Waals surface area contributed by atoms with Crippen molar-refractivity contribution in [3.8, 4) is 0 Å². The predicted octanol–water partition coefficient (Wildman–Crippen LogP) is 0.132. The first-order valence-electron chi connectivity index (χ1n) is 7.14. The van der Waals surface area contributed by atoms with Crippen LogP contribution in [-0.4, -0.2) is 76.3 Å². The van der Waals surface area contributed by atoms with Gasteiger partial charge in [-0.05, 0) is 19.3 Å². The number of aromatic amines is 1. The van der Waals surface area contributed by atoms with Gasteiger partial charge in [0.1, 0.15) is 6.33 Å². The lowest BCUT2D eigenvalue weighted by atomic mass is 9.76. The van der Waals surface area contributed by atoms with E-state index in [0.29, 0.717) is 11.4 Å². The van der Waals surface area contributed by atoms with Gasteiger partial charge in [0.2, 0.25) is 5.82 Å². The molecule has 20 heavy (non-hydrogen) atoms. The molecule has 1 amide bonds. The topological polar surface area (TPSA) is 74.3 Å². The summed E-state index contributed by atoms with van der Waals surface area (Å²) in [5, 5.41) is 6.37. The maximum Gasteiger partial charge on any atom is 0.291 e. The van der Waals surface area contributed by atoms with Crippen molar-refractivity contribution in [1.82, 2.24) is 25.0 Å². The van der Waals surface area contributed by atoms with E-state index in [1.807, 2.05) is 4.90 Å². The van der Waals surface area contributed by atoms with Gasteiger partial charge in [0.25, 0.3) is 5.91 Å². The molecule has 2 saturated heterocycles. The summed E-state index contributed by atoms with van der Waals surface area (Å²) in [4.78, 5) is 20.5. The van der Waals surface area contributed by atoms with E-state index in [1.54, 1.807) is 7.11 Å². The van der Waals surface area contributed by atoms with Gasteiger partial charge in [0, 0.05) is 38.8 Å². The predicted molar refractivity (Wildman–Crippen MR) is 72.3 cm³/mol. The zero-order chi connectivity index (χ0) is 14.0. The van der Waals surface area contributed by atoms with Crippen LogP contribution in [0, 0.1) is 0 Å². The minimum atomic E-state index is -0.0416. The SMILES string of the molecule is COCCN1CCC12CCN(C(=O)c1ncn[nH]1)CC2. The molecule has 1 spiro atoms. The van der Waals surface area contributed by atoms with Crippen LogP contribution in [0.5, 0.6) is 0 Å². The highest BCUT2D eigenvalue weighted by molar-refractivity contribution is 5.90. The van der Waals surface area contributed by atoms with Crippen molar-refractivity contribution in [2.75, 3.05) is 39.9 Å². The van der Waals surface area contributed by atoms with Gasteiger partial charge < -0.3 is 9.64 Å². The molecule has 0 radical (unpaired) electrons. The number of H-pyrrole nitrogens is 1. The maximum absolute atomic E-state index is 12.2. The zero-order valence-electron chi connectivity index (χ0n) is 11.8. The number of nitrogens with one attached hydrogen (secondary N) is 1. The standard InChI is InChI=1S/C13H21N5O2/c1-20-9-8-18-7-4-13(18)2-5-17(6-3-13)12(19)11-14-10-15-16-11/h10H,2-9H2,1H3,(H,14,15,16). The largest absolute Gasteiger partial charge is 0.383 e. The molecule has 0 aromatic carbocycles. The molecule has 0 saturated carbocycles. The second-order valence-corrected chi connectivity index (χ2v) is 5.58. The fourth-order valence-corrected chi connectivity index (χ4v) is 3.29. The number of ether oxygens (including phenoxy) is 1. The molecule has 1 aromatic rings. The first-order chi connectivity index (χ1) is 9.75. The van der Waals surface area contributed by atoms with E-state index >= 15 is 0 Å². The lowest BCUT2D eigenvalue weighted by Gasteiger charge is -2.56. The van der Waals surface area contributed by atoms with Crippen LogP contribution in [-0.2, 0) is 4.74 Å². The second kappa shape index (κ2) is 5.49. The van der Waals surface area contributed by atoms with Gasteiger partial charge in [-0.3, -0.25) is 14.8 Å². The van der Waals surface area contributed by atoms with Crippen molar-refractivity contribution < 1.29 is 9.53 Å². The number of rotatable bonds is 4. The first-order valence-corrected chi connectivity index (χ1v) is 7.14. The summed E-state index contributed by atoms with van der Waals surface area (Å²) in [5.41, 5.74) is 0.302. The number of hydrogen-bond acceptors (Lipinski definition) is 5. The van der Waals surface area contributed by atoms with Gasteiger partial charge in [0.05, 0.1) is 6.61 Å². The van der Waals surface area contributed by atoms with E-state index in [1.165, 1.54) is 12.7 Å². The van der Waals surface area contributed by atoms with E-state index in [4.69, 9.17) is 4.74 Å². The van der Waals surface area contributed by atoms with Crippen molar-refractivity contribution in [3.05, 3.63) is 12.2 Å². The highest BCUT2D eigenvalue weighted by Gasteiger charge is 2.46. The molecule has 0 aliphatic carbocycles. The Bertz CT molecular complexity index is 453. The van der Waals surface area contributed by atoms with Crippen LogP contribution in [0.15, 0.2) is 6.33 Å². The molecule has 0 atom stereocenters. The summed E-state index contributed by atoms with van der Waals surface area (Å²) < 4.78 is 5.16. The first kappa shape index (κ1) is 13.5. The van der Waals surface area contributed by atoms with Crippen LogP contribution in [0.1, 0.15) is 29.9 Å². The number of nitrogens with zero attached hydrogens (tertiary/aromatic N) is 4. The highest BCUT2D eigenvalue weighted by atomic mass is 16.5. The highest BCUT2D eigenvalue weighted by Crippen LogP contribution is 2.39. The summed E-state index contributed by atoms with van der Waals surface area (Å²) in [7, 11) is 1.74. The van der Waals surface area contributed by atoms with Crippen molar-refractivity contribution >= 4 is 5.91 Å². The van der Waals surface area contributed by atoms with Crippen molar-refractivity contribution in [2.45, 2.75) is 24.8 Å². The summed E-state index contributed by atoms with van der Waals surface area (Å²) in [6, 6.07) is 0. The Balaban J connectivity index is 1.56.